The summed E-state index contributed by atoms with van der Waals surface area (Å²) < 4.78 is 5.56. The number of hydrogen-bond acceptors (Lipinski definition) is 2. The van der Waals surface area contributed by atoms with E-state index in [1.807, 2.05) is 25.1 Å². The van der Waals surface area contributed by atoms with E-state index in [9.17, 15) is 0 Å². The first-order valence-corrected chi connectivity index (χ1v) is 4.56. The minimum Gasteiger partial charge on any atom is -0.413 e. The third kappa shape index (κ3) is 3.14. The van der Waals surface area contributed by atoms with Crippen molar-refractivity contribution in [3.63, 3.8) is 0 Å². The average Bonchev–Trinajstić information content (AvgIpc) is 2.05. The molecular formula is C9H16BNO. The van der Waals surface area contributed by atoms with Gasteiger partial charge in [0.15, 0.2) is 0 Å². The minimum absolute atomic E-state index is 0.0848. The van der Waals surface area contributed by atoms with Gasteiger partial charge in [-0.05, 0) is 25.1 Å². The van der Waals surface area contributed by atoms with Gasteiger partial charge >= 0.3 is 7.05 Å². The Hall–Kier alpha value is -0.695. The molecule has 0 aliphatic carbocycles. The zero-order chi connectivity index (χ0) is 8.81. The fourth-order valence-corrected chi connectivity index (χ4v) is 1.07. The molecular weight excluding hydrogens is 149 g/mol. The van der Waals surface area contributed by atoms with Gasteiger partial charge in [-0.3, -0.25) is 0 Å². The summed E-state index contributed by atoms with van der Waals surface area (Å²) in [5, 5.41) is 3.23. The van der Waals surface area contributed by atoms with Crippen LogP contribution in [0.5, 0.6) is 0 Å². The van der Waals surface area contributed by atoms with Gasteiger partial charge in [-0.2, -0.15) is 0 Å². The summed E-state index contributed by atoms with van der Waals surface area (Å²) in [7, 11) is 0.0848. The van der Waals surface area contributed by atoms with Crippen LogP contribution in [0.3, 0.4) is 0 Å². The van der Waals surface area contributed by atoms with E-state index in [2.05, 4.69) is 12.2 Å². The number of unbranched alkanes of at least 4 members (excludes halogenated alkanes) is 1. The number of allylic oxidation sites excluding steroid dienone is 3. The first-order valence-electron chi connectivity index (χ1n) is 4.56. The standard InChI is InChI=1S/C9H16BNO/c1-3-4-8-12-10-7-5-6-9(2)11-10/h5-7,11H,3-4,8H2,1-2H3. The van der Waals surface area contributed by atoms with Crippen LogP contribution < -0.4 is 5.23 Å². The molecule has 0 bridgehead atoms. The molecule has 1 aliphatic rings. The van der Waals surface area contributed by atoms with E-state index < -0.39 is 0 Å². The SMILES string of the molecule is CCCCOB1C=CC=C(C)N1. The Bertz CT molecular complexity index is 189. The summed E-state index contributed by atoms with van der Waals surface area (Å²) in [5.41, 5.74) is 1.17. The van der Waals surface area contributed by atoms with E-state index >= 15 is 0 Å². The summed E-state index contributed by atoms with van der Waals surface area (Å²) >= 11 is 0. The van der Waals surface area contributed by atoms with Crippen molar-refractivity contribution in [1.82, 2.24) is 5.23 Å². The van der Waals surface area contributed by atoms with Gasteiger partial charge in [0.1, 0.15) is 0 Å². The molecule has 3 heteroatoms. The predicted molar refractivity (Wildman–Crippen MR) is 52.6 cm³/mol. The zero-order valence-corrected chi connectivity index (χ0v) is 7.84. The van der Waals surface area contributed by atoms with Gasteiger partial charge in [0.2, 0.25) is 0 Å². The lowest BCUT2D eigenvalue weighted by molar-refractivity contribution is 0.311. The summed E-state index contributed by atoms with van der Waals surface area (Å²) in [6.07, 6.45) is 6.39. The van der Waals surface area contributed by atoms with Gasteiger partial charge in [0.05, 0.1) is 0 Å². The van der Waals surface area contributed by atoms with Crippen molar-refractivity contribution >= 4 is 7.05 Å². The van der Waals surface area contributed by atoms with E-state index in [1.165, 1.54) is 12.1 Å². The molecule has 0 aromatic carbocycles. The summed E-state index contributed by atoms with van der Waals surface area (Å²) in [5.74, 6) is 2.03. The molecule has 0 saturated carbocycles. The first kappa shape index (κ1) is 9.39. The van der Waals surface area contributed by atoms with Crippen molar-refractivity contribution in [3.05, 3.63) is 23.8 Å². The minimum atomic E-state index is 0.0848. The molecule has 2 nitrogen and oxygen atoms in total. The highest BCUT2D eigenvalue weighted by Crippen LogP contribution is 2.00. The Kier molecular flexibility index (Phi) is 3.95. The second-order valence-electron chi connectivity index (χ2n) is 3.02. The molecule has 0 spiro atoms. The Balaban J connectivity index is 2.18. The van der Waals surface area contributed by atoms with E-state index in [-0.39, 0.29) is 7.05 Å². The maximum Gasteiger partial charge on any atom is 0.441 e. The molecule has 1 rings (SSSR count). The Labute approximate surface area is 74.8 Å². The molecule has 0 fully saturated rings. The maximum absolute atomic E-state index is 5.56. The van der Waals surface area contributed by atoms with Gasteiger partial charge in [0, 0.05) is 6.61 Å². The summed E-state index contributed by atoms with van der Waals surface area (Å²) in [4.78, 5) is 0. The van der Waals surface area contributed by atoms with Gasteiger partial charge in [-0.25, -0.2) is 0 Å². The van der Waals surface area contributed by atoms with Crippen LogP contribution in [-0.2, 0) is 4.65 Å². The number of nitrogens with one attached hydrogen (secondary N) is 1. The average molecular weight is 165 g/mol. The van der Waals surface area contributed by atoms with Crippen molar-refractivity contribution in [2.45, 2.75) is 26.7 Å². The van der Waals surface area contributed by atoms with Crippen LogP contribution in [0.4, 0.5) is 0 Å². The normalized spacial score (nSPS) is 15.8. The van der Waals surface area contributed by atoms with E-state index in [0.717, 1.165) is 13.0 Å². The molecule has 0 aromatic rings. The van der Waals surface area contributed by atoms with Crippen LogP contribution in [0, 0.1) is 0 Å². The first-order chi connectivity index (χ1) is 5.83. The highest BCUT2D eigenvalue weighted by Gasteiger charge is 2.13. The topological polar surface area (TPSA) is 21.3 Å². The molecule has 0 amide bonds. The molecule has 12 heavy (non-hydrogen) atoms. The van der Waals surface area contributed by atoms with Gasteiger partial charge in [0.25, 0.3) is 0 Å². The van der Waals surface area contributed by atoms with Crippen molar-refractivity contribution in [2.24, 2.45) is 0 Å². The summed E-state index contributed by atoms with van der Waals surface area (Å²) in [6.45, 7) is 5.05. The Morgan fingerprint density at radius 2 is 2.42 bits per heavy atom. The molecule has 66 valence electrons. The van der Waals surface area contributed by atoms with Crippen molar-refractivity contribution < 1.29 is 4.65 Å². The molecule has 0 aromatic heterocycles. The lowest BCUT2D eigenvalue weighted by Crippen LogP contribution is -2.35. The van der Waals surface area contributed by atoms with E-state index in [0.29, 0.717) is 0 Å². The van der Waals surface area contributed by atoms with Crippen LogP contribution in [0.1, 0.15) is 26.7 Å². The van der Waals surface area contributed by atoms with Crippen LogP contribution >= 0.6 is 0 Å². The lowest BCUT2D eigenvalue weighted by Gasteiger charge is -2.15. The Morgan fingerprint density at radius 1 is 1.58 bits per heavy atom. The fourth-order valence-electron chi connectivity index (χ4n) is 1.07. The van der Waals surface area contributed by atoms with Crippen molar-refractivity contribution in [2.75, 3.05) is 6.61 Å². The summed E-state index contributed by atoms with van der Waals surface area (Å²) in [6, 6.07) is 0. The monoisotopic (exact) mass is 165 g/mol. The van der Waals surface area contributed by atoms with E-state index in [1.54, 1.807) is 0 Å². The number of hydrogen-bond donors (Lipinski definition) is 1. The van der Waals surface area contributed by atoms with E-state index in [4.69, 9.17) is 4.65 Å². The molecule has 0 atom stereocenters. The maximum atomic E-state index is 5.56. The van der Waals surface area contributed by atoms with Crippen molar-refractivity contribution in [1.29, 1.82) is 0 Å². The zero-order valence-electron chi connectivity index (χ0n) is 7.84. The molecule has 1 heterocycles. The van der Waals surface area contributed by atoms with Crippen molar-refractivity contribution in [3.8, 4) is 0 Å². The van der Waals surface area contributed by atoms with Crippen LogP contribution in [0.2, 0.25) is 0 Å². The number of rotatable bonds is 4. The second kappa shape index (κ2) is 5.04. The largest absolute Gasteiger partial charge is 0.441 e. The second-order valence-corrected chi connectivity index (χ2v) is 3.02. The molecule has 0 unspecified atom stereocenters. The third-order valence-electron chi connectivity index (χ3n) is 1.80. The van der Waals surface area contributed by atoms with Crippen LogP contribution in [-0.4, -0.2) is 13.7 Å². The third-order valence-corrected chi connectivity index (χ3v) is 1.80. The van der Waals surface area contributed by atoms with Gasteiger partial charge < -0.3 is 9.88 Å². The quantitative estimate of drug-likeness (QED) is 0.507. The van der Waals surface area contributed by atoms with Gasteiger partial charge in [-0.15, -0.1) is 0 Å². The molecule has 0 saturated heterocycles. The van der Waals surface area contributed by atoms with Gasteiger partial charge in [-0.1, -0.05) is 25.4 Å². The molecule has 0 radical (unpaired) electrons. The van der Waals surface area contributed by atoms with Crippen LogP contribution in [0.15, 0.2) is 23.8 Å². The highest BCUT2D eigenvalue weighted by atomic mass is 16.4. The smallest absolute Gasteiger partial charge is 0.413 e. The Morgan fingerprint density at radius 3 is 3.08 bits per heavy atom. The fraction of sp³-hybridized carbons (Fsp3) is 0.556. The molecule has 1 aliphatic heterocycles. The highest BCUT2D eigenvalue weighted by molar-refractivity contribution is 6.55. The van der Waals surface area contributed by atoms with Crippen LogP contribution in [0.25, 0.3) is 0 Å². The predicted octanol–water partition coefficient (Wildman–Crippen LogP) is 1.89. The molecule has 1 N–H and O–H groups in total. The lowest BCUT2D eigenvalue weighted by atomic mass is 9.80.